The number of hydrogen-bond acceptors (Lipinski definition) is 4. The molecule has 1 aromatic heterocycles. The number of hydrogen-bond donors (Lipinski definition) is 1. The molecule has 1 aliphatic heterocycles. The molecule has 15 heavy (non-hydrogen) atoms. The molecule has 0 amide bonds. The number of aromatic nitrogens is 3. The van der Waals surface area contributed by atoms with Crippen molar-refractivity contribution in [3.63, 3.8) is 0 Å². The van der Waals surface area contributed by atoms with Crippen LogP contribution in [0.1, 0.15) is 19.9 Å². The third kappa shape index (κ3) is 2.86. The van der Waals surface area contributed by atoms with Gasteiger partial charge in [0.1, 0.15) is 0 Å². The Morgan fingerprint density at radius 2 is 2.60 bits per heavy atom. The second kappa shape index (κ2) is 4.53. The fraction of sp³-hybridized carbons (Fsp3) is 0.700. The van der Waals surface area contributed by atoms with Crippen LogP contribution in [-0.2, 0) is 0 Å². The minimum Gasteiger partial charge on any atom is -0.326 e. The molecule has 2 rings (SSSR count). The molecule has 0 spiro atoms. The Hall–Kier alpha value is -1.23. The average molecular weight is 208 g/mol. The van der Waals surface area contributed by atoms with Crippen LogP contribution in [0.3, 0.4) is 0 Å². The molecule has 1 aromatic rings. The molecule has 0 aromatic carbocycles. The summed E-state index contributed by atoms with van der Waals surface area (Å²) in [5.74, 6) is 0. The van der Waals surface area contributed by atoms with Crippen molar-refractivity contribution >= 4 is 0 Å². The molecule has 0 radical (unpaired) electrons. The van der Waals surface area contributed by atoms with Gasteiger partial charge >= 0.3 is 0 Å². The van der Waals surface area contributed by atoms with Crippen molar-refractivity contribution in [1.29, 1.82) is 0 Å². The highest BCUT2D eigenvalue weighted by Gasteiger charge is 2.15. The molecule has 1 saturated heterocycles. The Kier molecular flexibility index (Phi) is 2.72. The van der Waals surface area contributed by atoms with Gasteiger partial charge in [-0.15, -0.1) is 5.10 Å². The van der Waals surface area contributed by atoms with Gasteiger partial charge in [0.15, 0.2) is 0 Å². The summed E-state index contributed by atoms with van der Waals surface area (Å²) in [6.07, 6.45) is 2.45. The number of H-pyrrole nitrogens is 1. The monoisotopic (exact) mass is 208 g/mol. The molecule has 0 aliphatic carbocycles. The van der Waals surface area contributed by atoms with Crippen molar-refractivity contribution in [1.82, 2.24) is 20.1 Å². The molecule has 1 fully saturated rings. The molecule has 0 saturated carbocycles. The van der Waals surface area contributed by atoms with Crippen LogP contribution in [0, 0.1) is 6.92 Å². The van der Waals surface area contributed by atoms with Gasteiger partial charge in [-0.3, -0.25) is 0 Å². The first kappa shape index (κ1) is 9.03. The van der Waals surface area contributed by atoms with E-state index in [1.54, 1.807) is 0 Å². The second-order valence-corrected chi connectivity index (χ2v) is 4.07. The van der Waals surface area contributed by atoms with Crippen molar-refractivity contribution in [3.8, 4) is 0 Å². The summed E-state index contributed by atoms with van der Waals surface area (Å²) in [5, 5.41) is 7.62. The highest BCUT2D eigenvalue weighted by atomic mass is 15.2. The fourth-order valence-corrected chi connectivity index (χ4v) is 1.84. The lowest BCUT2D eigenvalue weighted by Crippen LogP contribution is -2.36. The fourth-order valence-electron chi connectivity index (χ4n) is 1.84. The predicted octanol–water partition coefficient (Wildman–Crippen LogP) is 0.108. The van der Waals surface area contributed by atoms with E-state index in [-0.39, 0.29) is 6.17 Å². The highest BCUT2D eigenvalue weighted by Crippen LogP contribution is 2.10. The molecular weight excluding hydrogens is 190 g/mol. The van der Waals surface area contributed by atoms with Gasteiger partial charge in [0.25, 0.3) is 0 Å². The number of likely N-dealkylation sites (tertiary alicyclic amines) is 1. The van der Waals surface area contributed by atoms with Crippen LogP contribution < -0.4 is 5.62 Å². The second-order valence-electron chi connectivity index (χ2n) is 4.07. The highest BCUT2D eigenvalue weighted by molar-refractivity contribution is 4.86. The number of likely N-dealkylation sites (N-methyl/N-ethyl adjacent to an activating group) is 1. The number of aryl methyl sites for hydroxylation is 1. The van der Waals surface area contributed by atoms with E-state index < -0.39 is 0 Å². The molecule has 0 bridgehead atoms. The topological polar surface area (TPSA) is 57.2 Å². The predicted molar refractivity (Wildman–Crippen MR) is 57.2 cm³/mol. The SMILES string of the molecule is [2H]c1nnc(=NC2CCCN(C)C2)[nH]c1C. The van der Waals surface area contributed by atoms with Crippen LogP contribution in [0.15, 0.2) is 11.2 Å². The Labute approximate surface area is 90.7 Å². The van der Waals surface area contributed by atoms with E-state index in [0.717, 1.165) is 19.5 Å². The Bertz CT molecular complexity index is 427. The zero-order chi connectivity index (χ0) is 11.5. The Balaban J connectivity index is 2.19. The van der Waals surface area contributed by atoms with Gasteiger partial charge < -0.3 is 9.88 Å². The lowest BCUT2D eigenvalue weighted by atomic mass is 10.1. The van der Waals surface area contributed by atoms with Crippen LogP contribution in [0.2, 0.25) is 0 Å². The minimum atomic E-state index is 0.180. The summed E-state index contributed by atoms with van der Waals surface area (Å²) in [6.45, 7) is 3.92. The zero-order valence-electron chi connectivity index (χ0n) is 10.2. The van der Waals surface area contributed by atoms with Crippen LogP contribution in [-0.4, -0.2) is 46.3 Å². The van der Waals surface area contributed by atoms with Gasteiger partial charge in [0.05, 0.1) is 13.6 Å². The third-order valence-corrected chi connectivity index (χ3v) is 2.57. The number of aromatic amines is 1. The summed E-state index contributed by atoms with van der Waals surface area (Å²) in [7, 11) is 2.11. The summed E-state index contributed by atoms with van der Waals surface area (Å²) in [5.41, 5.74) is 1.24. The van der Waals surface area contributed by atoms with Gasteiger partial charge in [0.2, 0.25) is 5.62 Å². The largest absolute Gasteiger partial charge is 0.326 e. The van der Waals surface area contributed by atoms with Crippen LogP contribution >= 0.6 is 0 Å². The summed E-state index contributed by atoms with van der Waals surface area (Å²) >= 11 is 0. The summed E-state index contributed by atoms with van der Waals surface area (Å²) in [6, 6.07) is 0.292. The molecule has 5 nitrogen and oxygen atoms in total. The molecule has 1 unspecified atom stereocenters. The van der Waals surface area contributed by atoms with Gasteiger partial charge in [-0.05, 0) is 33.4 Å². The first-order valence-corrected chi connectivity index (χ1v) is 5.28. The van der Waals surface area contributed by atoms with Gasteiger partial charge in [-0.2, -0.15) is 5.10 Å². The van der Waals surface area contributed by atoms with Crippen molar-refractivity contribution in [2.45, 2.75) is 25.8 Å². The molecular formula is C10H17N5. The van der Waals surface area contributed by atoms with E-state index in [1.807, 2.05) is 6.92 Å². The van der Waals surface area contributed by atoms with E-state index >= 15 is 0 Å². The smallest absolute Gasteiger partial charge is 0.242 e. The van der Waals surface area contributed by atoms with Crippen LogP contribution in [0.25, 0.3) is 0 Å². The van der Waals surface area contributed by atoms with E-state index in [1.165, 1.54) is 6.42 Å². The number of nitrogens with zero attached hydrogens (tertiary/aromatic N) is 4. The Morgan fingerprint density at radius 3 is 3.33 bits per heavy atom. The van der Waals surface area contributed by atoms with Crippen LogP contribution in [0.4, 0.5) is 0 Å². The zero-order valence-corrected chi connectivity index (χ0v) is 9.19. The van der Waals surface area contributed by atoms with Crippen molar-refractivity contribution in [2.75, 3.05) is 20.1 Å². The third-order valence-electron chi connectivity index (χ3n) is 2.57. The molecule has 2 heterocycles. The number of nitrogens with one attached hydrogen (secondary N) is 1. The maximum Gasteiger partial charge on any atom is 0.242 e. The first-order valence-electron chi connectivity index (χ1n) is 5.78. The Morgan fingerprint density at radius 1 is 1.73 bits per heavy atom. The van der Waals surface area contributed by atoms with E-state index in [9.17, 15) is 0 Å². The summed E-state index contributed by atoms with van der Waals surface area (Å²) < 4.78 is 7.41. The average Bonchev–Trinajstić information content (AvgIpc) is 2.24. The molecule has 1 N–H and O–H groups in total. The van der Waals surface area contributed by atoms with Gasteiger partial charge in [-0.1, -0.05) is 0 Å². The number of rotatable bonds is 1. The molecule has 5 heteroatoms. The van der Waals surface area contributed by atoms with E-state index in [2.05, 4.69) is 32.1 Å². The standard InChI is InChI=1S/C10H17N5/c1-8-6-11-14-10(12-8)13-9-4-3-5-15(2)7-9/h6,9H,3-5,7H2,1-2H3,(H,12,13,14)/i6D. The maximum absolute atomic E-state index is 7.41. The van der Waals surface area contributed by atoms with E-state index in [4.69, 9.17) is 1.37 Å². The number of piperidine rings is 1. The molecule has 82 valence electrons. The van der Waals surface area contributed by atoms with Crippen molar-refractivity contribution in [2.24, 2.45) is 4.99 Å². The molecule has 1 aliphatic rings. The minimum absolute atomic E-state index is 0.180. The molecule has 1 atom stereocenters. The first-order chi connectivity index (χ1) is 7.65. The maximum atomic E-state index is 7.41. The van der Waals surface area contributed by atoms with E-state index in [0.29, 0.717) is 17.4 Å². The van der Waals surface area contributed by atoms with Gasteiger partial charge in [-0.25, -0.2) is 4.99 Å². The quantitative estimate of drug-likeness (QED) is 0.712. The lowest BCUT2D eigenvalue weighted by molar-refractivity contribution is 0.250. The van der Waals surface area contributed by atoms with Crippen molar-refractivity contribution < 1.29 is 1.37 Å². The normalized spacial score (nSPS) is 25.3. The summed E-state index contributed by atoms with van der Waals surface area (Å²) in [4.78, 5) is 9.78. The van der Waals surface area contributed by atoms with Crippen LogP contribution in [0.5, 0.6) is 0 Å². The van der Waals surface area contributed by atoms with Crippen molar-refractivity contribution in [3.05, 3.63) is 17.5 Å². The lowest BCUT2D eigenvalue weighted by Gasteiger charge is -2.26. The van der Waals surface area contributed by atoms with Gasteiger partial charge in [0, 0.05) is 12.2 Å².